The highest BCUT2D eigenvalue weighted by Gasteiger charge is 2.61. The predicted octanol–water partition coefficient (Wildman–Crippen LogP) is 14.5. The van der Waals surface area contributed by atoms with Gasteiger partial charge in [0.05, 0.1) is 23.3 Å². The molecule has 11 unspecified atom stereocenters. The molecule has 4 aromatic rings. The van der Waals surface area contributed by atoms with E-state index in [2.05, 4.69) is 190 Å². The second kappa shape index (κ2) is 17.6. The monoisotopic (exact) mass is 885 g/mol. The van der Waals surface area contributed by atoms with Gasteiger partial charge in [0.15, 0.2) is 0 Å². The van der Waals surface area contributed by atoms with Gasteiger partial charge < -0.3 is 14.8 Å². The number of fused-ring (bicyclic) bond motifs is 4. The molecule has 1 saturated heterocycles. The van der Waals surface area contributed by atoms with Crippen molar-refractivity contribution in [1.82, 2.24) is 5.32 Å². The van der Waals surface area contributed by atoms with Crippen molar-refractivity contribution in [3.63, 3.8) is 0 Å². The number of aliphatic imine (C=N–C) groups is 1. The Morgan fingerprint density at radius 3 is 2.21 bits per heavy atom. The van der Waals surface area contributed by atoms with Crippen molar-refractivity contribution < 1.29 is 9.47 Å². The Bertz CT molecular complexity index is 2690. The predicted molar refractivity (Wildman–Crippen MR) is 273 cm³/mol. The quantitative estimate of drug-likeness (QED) is 0.188. The molecular weight excluding hydrogens is 817 g/mol. The SMILES string of the molecule is CC1CC(C)C(C2N=C(c3cccc4c3Oc3ccccc3C4(C3=CC=CCC3)c3ccccc3)C=C(C3CC=CC4C3OC3CC=CCC3C4(c3ccccc3)C3CC=CCC3)N2)C(C)C1. The summed E-state index contributed by atoms with van der Waals surface area (Å²) in [6.07, 6.45) is 35.4. The van der Waals surface area contributed by atoms with Crippen molar-refractivity contribution in [2.45, 2.75) is 114 Å². The van der Waals surface area contributed by atoms with Gasteiger partial charge in [0.1, 0.15) is 17.7 Å². The van der Waals surface area contributed by atoms with Crippen LogP contribution in [-0.4, -0.2) is 24.1 Å². The number of hydrogen-bond acceptors (Lipinski definition) is 4. The number of benzene rings is 4. The lowest BCUT2D eigenvalue weighted by molar-refractivity contribution is -0.179. The van der Waals surface area contributed by atoms with Crippen LogP contribution in [0, 0.1) is 47.3 Å². The summed E-state index contributed by atoms with van der Waals surface area (Å²) in [6, 6.07) is 38.6. The summed E-state index contributed by atoms with van der Waals surface area (Å²) in [5.41, 5.74) is 9.39. The third-order valence-corrected chi connectivity index (χ3v) is 18.0. The zero-order chi connectivity index (χ0) is 45.1. The maximum atomic E-state index is 7.70. The molecule has 3 aliphatic heterocycles. The van der Waals surface area contributed by atoms with Crippen molar-refractivity contribution >= 4 is 5.71 Å². The normalized spacial score (nSPS) is 36.2. The zero-order valence-electron chi connectivity index (χ0n) is 39.8. The summed E-state index contributed by atoms with van der Waals surface area (Å²) >= 11 is 0. The van der Waals surface area contributed by atoms with Gasteiger partial charge in [0, 0.05) is 45.6 Å². The van der Waals surface area contributed by atoms with E-state index in [1.807, 2.05) is 0 Å². The van der Waals surface area contributed by atoms with Gasteiger partial charge in [-0.3, -0.25) is 4.99 Å². The number of para-hydroxylation sites is 2. The Kier molecular flexibility index (Phi) is 11.2. The first-order chi connectivity index (χ1) is 33.0. The molecule has 2 fully saturated rings. The molecule has 342 valence electrons. The molecule has 8 aliphatic rings. The van der Waals surface area contributed by atoms with Crippen LogP contribution in [0.4, 0.5) is 0 Å². The topological polar surface area (TPSA) is 42.9 Å². The lowest BCUT2D eigenvalue weighted by Gasteiger charge is -2.62. The molecule has 0 bridgehead atoms. The number of allylic oxidation sites excluding steroid dienone is 9. The second-order valence-corrected chi connectivity index (χ2v) is 21.6. The van der Waals surface area contributed by atoms with E-state index in [0.29, 0.717) is 35.5 Å². The lowest BCUT2D eigenvalue weighted by atomic mass is 9.47. The second-order valence-electron chi connectivity index (χ2n) is 21.6. The van der Waals surface area contributed by atoms with Crippen molar-refractivity contribution in [3.8, 4) is 11.5 Å². The fraction of sp³-hybridized carbons (Fsp3) is 0.413. The Balaban J connectivity index is 1.04. The summed E-state index contributed by atoms with van der Waals surface area (Å²) in [4.78, 5) is 5.91. The van der Waals surface area contributed by atoms with Crippen LogP contribution >= 0.6 is 0 Å². The summed E-state index contributed by atoms with van der Waals surface area (Å²) in [5.74, 6) is 5.37. The third kappa shape index (κ3) is 6.97. The van der Waals surface area contributed by atoms with E-state index in [4.69, 9.17) is 14.5 Å². The molecule has 0 spiro atoms. The van der Waals surface area contributed by atoms with Crippen molar-refractivity contribution in [2.24, 2.45) is 52.3 Å². The molecule has 0 aromatic heterocycles. The Morgan fingerprint density at radius 2 is 1.43 bits per heavy atom. The Labute approximate surface area is 399 Å². The van der Waals surface area contributed by atoms with Gasteiger partial charge in [-0.25, -0.2) is 0 Å². The molecule has 0 radical (unpaired) electrons. The number of nitrogens with one attached hydrogen (secondary N) is 1. The van der Waals surface area contributed by atoms with Gasteiger partial charge in [-0.05, 0) is 123 Å². The molecule has 5 aliphatic carbocycles. The van der Waals surface area contributed by atoms with E-state index < -0.39 is 5.41 Å². The molecule has 67 heavy (non-hydrogen) atoms. The van der Waals surface area contributed by atoms with E-state index in [9.17, 15) is 0 Å². The van der Waals surface area contributed by atoms with Crippen LogP contribution in [0.1, 0.15) is 113 Å². The van der Waals surface area contributed by atoms with E-state index in [1.54, 1.807) is 0 Å². The van der Waals surface area contributed by atoms with Crippen LogP contribution < -0.4 is 10.1 Å². The summed E-state index contributed by atoms with van der Waals surface area (Å²) < 4.78 is 15.0. The van der Waals surface area contributed by atoms with E-state index in [-0.39, 0.29) is 35.6 Å². The van der Waals surface area contributed by atoms with Crippen molar-refractivity contribution in [2.75, 3.05) is 0 Å². The summed E-state index contributed by atoms with van der Waals surface area (Å²) in [5, 5.41) is 4.29. The standard InChI is InChI=1S/C63H68N2O2/c1-41-38-42(2)58(43(3)39-41)61-64-54(48-30-20-34-52-59(48)66-56-36-18-16-32-50(56)62(52,44-22-8-4-9-23-44)45-24-10-5-11-25-45)40-55(65-61)49-31-21-35-53-60(49)67-57-37-19-17-33-51(57)63(53,46-26-12-6-13-27-46)47-28-14-7-15-29-47/h4-10,12-14,16-24,26-27,30,32,34-36,40-43,47,49,51,53,57-58,60-61,65H,11,15,25,28-29,31,33,37-39H2,1-3H3. The highest BCUT2D eigenvalue weighted by atomic mass is 16.5. The maximum absolute atomic E-state index is 7.70. The minimum atomic E-state index is -0.522. The van der Waals surface area contributed by atoms with Crippen molar-refractivity contribution in [1.29, 1.82) is 0 Å². The van der Waals surface area contributed by atoms with Gasteiger partial charge in [-0.15, -0.1) is 0 Å². The summed E-state index contributed by atoms with van der Waals surface area (Å²) in [6.45, 7) is 7.43. The first-order valence-corrected chi connectivity index (χ1v) is 26.0. The van der Waals surface area contributed by atoms with Crippen LogP contribution in [-0.2, 0) is 15.6 Å². The lowest BCUT2D eigenvalue weighted by Crippen LogP contribution is -2.63. The molecule has 11 atom stereocenters. The Hall–Kier alpha value is -5.45. The van der Waals surface area contributed by atoms with Crippen LogP contribution in [0.2, 0.25) is 0 Å². The Morgan fingerprint density at radius 1 is 0.687 bits per heavy atom. The number of nitrogens with zero attached hydrogens (tertiary/aromatic N) is 1. The average Bonchev–Trinajstić information content (AvgIpc) is 3.37. The van der Waals surface area contributed by atoms with Crippen LogP contribution in [0.15, 0.2) is 180 Å². The van der Waals surface area contributed by atoms with Gasteiger partial charge >= 0.3 is 0 Å². The van der Waals surface area contributed by atoms with Crippen LogP contribution in [0.25, 0.3) is 0 Å². The number of ether oxygens (including phenoxy) is 2. The molecule has 0 amide bonds. The maximum Gasteiger partial charge on any atom is 0.141 e. The number of rotatable bonds is 7. The molecule has 1 N–H and O–H groups in total. The van der Waals surface area contributed by atoms with E-state index in [1.165, 1.54) is 52.8 Å². The van der Waals surface area contributed by atoms with E-state index >= 15 is 0 Å². The van der Waals surface area contributed by atoms with Gasteiger partial charge in [-0.1, -0.05) is 172 Å². The fourth-order valence-corrected chi connectivity index (χ4v) is 15.5. The van der Waals surface area contributed by atoms with Gasteiger partial charge in [-0.2, -0.15) is 0 Å². The fourth-order valence-electron chi connectivity index (χ4n) is 15.5. The highest BCUT2D eigenvalue weighted by Crippen LogP contribution is 2.62. The van der Waals surface area contributed by atoms with Crippen molar-refractivity contribution in [3.05, 3.63) is 203 Å². The van der Waals surface area contributed by atoms with Gasteiger partial charge in [0.2, 0.25) is 0 Å². The molecule has 4 aromatic carbocycles. The molecule has 1 saturated carbocycles. The van der Waals surface area contributed by atoms with Crippen LogP contribution in [0.5, 0.6) is 11.5 Å². The zero-order valence-corrected chi connectivity index (χ0v) is 39.8. The largest absolute Gasteiger partial charge is 0.456 e. The molecule has 3 heterocycles. The minimum absolute atomic E-state index is 0.0219. The van der Waals surface area contributed by atoms with Gasteiger partial charge in [0.25, 0.3) is 0 Å². The molecule has 12 rings (SSSR count). The molecule has 4 heteroatoms. The third-order valence-electron chi connectivity index (χ3n) is 18.0. The smallest absolute Gasteiger partial charge is 0.141 e. The molecule has 4 nitrogen and oxygen atoms in total. The first-order valence-electron chi connectivity index (χ1n) is 26.0. The first kappa shape index (κ1) is 42.9. The summed E-state index contributed by atoms with van der Waals surface area (Å²) in [7, 11) is 0. The number of hydrogen-bond donors (Lipinski definition) is 1. The van der Waals surface area contributed by atoms with Crippen LogP contribution in [0.3, 0.4) is 0 Å². The highest BCUT2D eigenvalue weighted by molar-refractivity contribution is 6.12. The minimum Gasteiger partial charge on any atom is -0.456 e. The van der Waals surface area contributed by atoms with E-state index in [0.717, 1.165) is 67.7 Å². The average molecular weight is 885 g/mol. The molecular formula is C63H68N2O2.